The van der Waals surface area contributed by atoms with Gasteiger partial charge in [0.2, 0.25) is 0 Å². The fourth-order valence-corrected chi connectivity index (χ4v) is 16.8. The SMILES string of the molecule is C[Si](C)(CCCC(=O)O)O[Si](C)(C)O[Si](C)(C)CCCC(=O)O. The van der Waals surface area contributed by atoms with Crippen LogP contribution in [0.4, 0.5) is 0 Å². The van der Waals surface area contributed by atoms with Crippen LogP contribution in [0.15, 0.2) is 0 Å². The summed E-state index contributed by atoms with van der Waals surface area (Å²) in [6.07, 6.45) is 1.63. The van der Waals surface area contributed by atoms with E-state index >= 15 is 0 Å². The Morgan fingerprint density at radius 2 is 1.04 bits per heavy atom. The van der Waals surface area contributed by atoms with Gasteiger partial charge in [-0.3, -0.25) is 9.59 Å². The molecular formula is C14H32O6Si3. The van der Waals surface area contributed by atoms with Crippen LogP contribution in [0.1, 0.15) is 25.7 Å². The minimum atomic E-state index is -2.30. The van der Waals surface area contributed by atoms with Gasteiger partial charge in [0.25, 0.3) is 0 Å². The molecule has 0 aliphatic heterocycles. The molecule has 23 heavy (non-hydrogen) atoms. The highest BCUT2D eigenvalue weighted by Crippen LogP contribution is 2.26. The third-order valence-corrected chi connectivity index (χ3v) is 14.9. The standard InChI is InChI=1S/C14H32O6Si3/c1-21(2,11-7-9-13(15)16)19-23(5,6)20-22(3,4)12-8-10-14(17)18/h7-12H2,1-6H3,(H,15,16)(H,17,18). The predicted molar refractivity (Wildman–Crippen MR) is 98.0 cm³/mol. The van der Waals surface area contributed by atoms with Gasteiger partial charge in [-0.2, -0.15) is 0 Å². The molecule has 0 amide bonds. The Morgan fingerprint density at radius 1 is 0.739 bits per heavy atom. The van der Waals surface area contributed by atoms with Crippen LogP contribution < -0.4 is 0 Å². The van der Waals surface area contributed by atoms with Gasteiger partial charge in [0.1, 0.15) is 0 Å². The number of aliphatic carboxylic acids is 2. The van der Waals surface area contributed by atoms with Crippen molar-refractivity contribution in [2.45, 2.75) is 77.1 Å². The lowest BCUT2D eigenvalue weighted by atomic mass is 10.3. The molecule has 0 saturated carbocycles. The molecule has 0 aromatic heterocycles. The van der Waals surface area contributed by atoms with Crippen molar-refractivity contribution < 1.29 is 28.0 Å². The lowest BCUT2D eigenvalue weighted by Crippen LogP contribution is -2.52. The maximum atomic E-state index is 10.6. The van der Waals surface area contributed by atoms with E-state index in [2.05, 4.69) is 26.2 Å². The topological polar surface area (TPSA) is 93.1 Å². The number of carboxylic acid groups (broad SMARTS) is 2. The van der Waals surface area contributed by atoms with Gasteiger partial charge in [0, 0.05) is 12.8 Å². The maximum absolute atomic E-state index is 10.6. The minimum Gasteiger partial charge on any atom is -0.481 e. The summed E-state index contributed by atoms with van der Waals surface area (Å²) >= 11 is 0. The van der Waals surface area contributed by atoms with Crippen LogP contribution in [0.25, 0.3) is 0 Å². The summed E-state index contributed by atoms with van der Waals surface area (Å²) in [5.41, 5.74) is 0. The second kappa shape index (κ2) is 9.11. The molecule has 0 heterocycles. The van der Waals surface area contributed by atoms with E-state index in [0.717, 1.165) is 12.1 Å². The zero-order valence-corrected chi connectivity index (χ0v) is 18.3. The lowest BCUT2D eigenvalue weighted by molar-refractivity contribution is -0.138. The lowest BCUT2D eigenvalue weighted by Gasteiger charge is -2.38. The van der Waals surface area contributed by atoms with Crippen molar-refractivity contribution >= 4 is 37.1 Å². The average Bonchev–Trinajstić information content (AvgIpc) is 2.22. The molecule has 6 nitrogen and oxygen atoms in total. The fraction of sp³-hybridized carbons (Fsp3) is 0.857. The van der Waals surface area contributed by atoms with Gasteiger partial charge in [-0.25, -0.2) is 0 Å². The van der Waals surface area contributed by atoms with Crippen LogP contribution in [-0.4, -0.2) is 47.3 Å². The van der Waals surface area contributed by atoms with Gasteiger partial charge < -0.3 is 18.4 Å². The molecule has 0 aromatic carbocycles. The molecule has 0 radical (unpaired) electrons. The second-order valence-corrected chi connectivity index (χ2v) is 20.1. The second-order valence-electron chi connectivity index (χ2n) is 7.62. The van der Waals surface area contributed by atoms with Crippen molar-refractivity contribution in [1.82, 2.24) is 0 Å². The summed E-state index contributed by atoms with van der Waals surface area (Å²) in [5, 5.41) is 17.5. The Morgan fingerprint density at radius 3 is 1.30 bits per heavy atom. The quantitative estimate of drug-likeness (QED) is 0.499. The van der Waals surface area contributed by atoms with Gasteiger partial charge in [0.15, 0.2) is 16.6 Å². The van der Waals surface area contributed by atoms with E-state index in [1.807, 2.05) is 13.1 Å². The summed E-state index contributed by atoms with van der Waals surface area (Å²) in [4.78, 5) is 21.3. The molecule has 0 aliphatic rings. The van der Waals surface area contributed by atoms with Gasteiger partial charge in [-0.15, -0.1) is 0 Å². The Balaban J connectivity index is 4.47. The smallest absolute Gasteiger partial charge is 0.311 e. The highest BCUT2D eigenvalue weighted by atomic mass is 28.5. The molecule has 136 valence electrons. The van der Waals surface area contributed by atoms with Crippen molar-refractivity contribution in [3.05, 3.63) is 0 Å². The molecule has 0 bridgehead atoms. The van der Waals surface area contributed by atoms with E-state index in [0.29, 0.717) is 12.8 Å². The summed E-state index contributed by atoms with van der Waals surface area (Å²) < 4.78 is 12.7. The van der Waals surface area contributed by atoms with Crippen LogP contribution in [-0.2, 0) is 17.8 Å². The van der Waals surface area contributed by atoms with E-state index < -0.39 is 37.1 Å². The Bertz CT molecular complexity index is 373. The highest BCUT2D eigenvalue weighted by Gasteiger charge is 2.39. The minimum absolute atomic E-state index is 0.179. The van der Waals surface area contributed by atoms with Gasteiger partial charge in [-0.1, -0.05) is 0 Å². The summed E-state index contributed by atoms with van der Waals surface area (Å²) in [6.45, 7) is 12.5. The molecule has 0 spiro atoms. The zero-order chi connectivity index (χ0) is 18.3. The van der Waals surface area contributed by atoms with Crippen molar-refractivity contribution in [3.63, 3.8) is 0 Å². The zero-order valence-electron chi connectivity index (χ0n) is 15.3. The van der Waals surface area contributed by atoms with Gasteiger partial charge >= 0.3 is 20.5 Å². The van der Waals surface area contributed by atoms with E-state index in [-0.39, 0.29) is 12.8 Å². The normalized spacial score (nSPS) is 13.1. The van der Waals surface area contributed by atoms with Crippen LogP contribution in [0.3, 0.4) is 0 Å². The predicted octanol–water partition coefficient (Wildman–Crippen LogP) is 3.86. The number of carboxylic acids is 2. The van der Waals surface area contributed by atoms with E-state index in [1.54, 1.807) is 0 Å². The molecule has 0 fully saturated rings. The van der Waals surface area contributed by atoms with Gasteiger partial charge in [0.05, 0.1) is 0 Å². The summed E-state index contributed by atoms with van der Waals surface area (Å²) in [5.74, 6) is -1.54. The maximum Gasteiger partial charge on any atom is 0.311 e. The monoisotopic (exact) mass is 380 g/mol. The first-order valence-corrected chi connectivity index (χ1v) is 17.1. The molecule has 2 N–H and O–H groups in total. The molecule has 0 rings (SSSR count). The third-order valence-electron chi connectivity index (χ3n) is 3.38. The number of hydrogen-bond donors (Lipinski definition) is 2. The van der Waals surface area contributed by atoms with Crippen molar-refractivity contribution in [3.8, 4) is 0 Å². The average molecular weight is 381 g/mol. The number of rotatable bonds is 12. The molecule has 9 heteroatoms. The van der Waals surface area contributed by atoms with Crippen LogP contribution >= 0.6 is 0 Å². The molecular weight excluding hydrogens is 348 g/mol. The fourth-order valence-electron chi connectivity index (χ4n) is 2.78. The van der Waals surface area contributed by atoms with Crippen LogP contribution in [0.2, 0.25) is 51.4 Å². The number of hydrogen-bond acceptors (Lipinski definition) is 4. The van der Waals surface area contributed by atoms with Crippen LogP contribution in [0, 0.1) is 0 Å². The van der Waals surface area contributed by atoms with E-state index in [4.69, 9.17) is 18.4 Å². The van der Waals surface area contributed by atoms with Crippen molar-refractivity contribution in [2.75, 3.05) is 0 Å². The molecule has 0 atom stereocenters. The Kier molecular flexibility index (Phi) is 8.92. The van der Waals surface area contributed by atoms with Crippen molar-refractivity contribution in [1.29, 1.82) is 0 Å². The first kappa shape index (κ1) is 22.5. The Hall–Kier alpha value is -0.489. The largest absolute Gasteiger partial charge is 0.481 e. The molecule has 0 unspecified atom stereocenters. The van der Waals surface area contributed by atoms with Crippen molar-refractivity contribution in [2.24, 2.45) is 0 Å². The Labute approximate surface area is 142 Å². The molecule has 0 aromatic rings. The molecule has 0 aliphatic carbocycles. The first-order chi connectivity index (χ1) is 10.2. The summed E-state index contributed by atoms with van der Waals surface area (Å²) in [7, 11) is -6.21. The van der Waals surface area contributed by atoms with E-state index in [1.165, 1.54) is 0 Å². The highest BCUT2D eigenvalue weighted by molar-refractivity contribution is 6.87. The molecule has 0 saturated heterocycles. The number of carbonyl (C=O) groups is 2. The van der Waals surface area contributed by atoms with E-state index in [9.17, 15) is 9.59 Å². The summed E-state index contributed by atoms with van der Waals surface area (Å²) in [6, 6.07) is 1.61. The third kappa shape index (κ3) is 12.6. The first-order valence-electron chi connectivity index (χ1n) is 8.09. The van der Waals surface area contributed by atoms with Crippen LogP contribution in [0.5, 0.6) is 0 Å². The van der Waals surface area contributed by atoms with Gasteiger partial charge in [-0.05, 0) is 64.2 Å².